The third kappa shape index (κ3) is 3.17. The highest BCUT2D eigenvalue weighted by molar-refractivity contribution is 6.10. The van der Waals surface area contributed by atoms with Crippen LogP contribution in [0, 0.1) is 23.2 Å². The van der Waals surface area contributed by atoms with E-state index in [1.54, 1.807) is 0 Å². The van der Waals surface area contributed by atoms with Gasteiger partial charge in [0.25, 0.3) is 0 Å². The number of nitrogens with zero attached hydrogens (tertiary/aromatic N) is 4. The van der Waals surface area contributed by atoms with Crippen LogP contribution in [-0.4, -0.2) is 71.2 Å². The number of rotatable bonds is 6. The Kier molecular flexibility index (Phi) is 4.63. The fraction of sp³-hybridized carbons (Fsp3) is 0.667. The number of halogens is 3. The Morgan fingerprint density at radius 1 is 1.26 bits per heavy atom. The Labute approximate surface area is 197 Å². The molecular formula is C24H31F3N6O. The van der Waals surface area contributed by atoms with Gasteiger partial charge in [0.1, 0.15) is 0 Å². The number of hydrogen-bond acceptors (Lipinski definition) is 7. The number of hydrogen-bond donors (Lipinski definition) is 2. The number of nitrogen functional groups attached to an aromatic ring is 1. The van der Waals surface area contributed by atoms with Crippen LogP contribution in [-0.2, 0) is 0 Å². The lowest BCUT2D eigenvalue weighted by Crippen LogP contribution is -2.49. The number of alkyl halides is 3. The van der Waals surface area contributed by atoms with Crippen LogP contribution >= 0.6 is 0 Å². The first-order valence-corrected chi connectivity index (χ1v) is 12.0. The molecule has 7 atom stereocenters. The number of allylic oxidation sites excluding steroid dienone is 1. The number of likely N-dealkylation sites (tertiary alicyclic amines) is 2. The van der Waals surface area contributed by atoms with Gasteiger partial charge in [0.05, 0.1) is 0 Å². The van der Waals surface area contributed by atoms with Crippen LogP contribution in [0.5, 0.6) is 5.75 Å². The van der Waals surface area contributed by atoms with Crippen LogP contribution in [0.15, 0.2) is 23.3 Å². The Hall–Kier alpha value is -2.33. The van der Waals surface area contributed by atoms with Crippen molar-refractivity contribution in [3.63, 3.8) is 0 Å². The van der Waals surface area contributed by atoms with E-state index >= 15 is 0 Å². The molecule has 10 heteroatoms. The molecule has 0 radical (unpaired) electrons. The number of pyridine rings is 1. The van der Waals surface area contributed by atoms with Crippen LogP contribution in [0.4, 0.5) is 19.0 Å². The monoisotopic (exact) mass is 476 g/mol. The summed E-state index contributed by atoms with van der Waals surface area (Å²) in [4.78, 5) is 14.0. The van der Waals surface area contributed by atoms with E-state index in [0.717, 1.165) is 18.8 Å². The molecule has 1 aromatic heterocycles. The summed E-state index contributed by atoms with van der Waals surface area (Å²) in [5, 5.41) is 0. The molecule has 1 unspecified atom stereocenters. The molecule has 6 fully saturated rings. The van der Waals surface area contributed by atoms with Gasteiger partial charge in [-0.1, -0.05) is 0 Å². The van der Waals surface area contributed by atoms with Gasteiger partial charge in [-0.05, 0) is 63.6 Å². The molecule has 0 aromatic carbocycles. The lowest BCUT2D eigenvalue weighted by molar-refractivity contribution is -0.274. The molecule has 7 rings (SSSR count). The van der Waals surface area contributed by atoms with Crippen molar-refractivity contribution in [1.82, 2.24) is 14.8 Å². The third-order valence-electron chi connectivity index (χ3n) is 8.79. The first kappa shape index (κ1) is 22.2. The minimum Gasteiger partial charge on any atom is -0.402 e. The molecule has 34 heavy (non-hydrogen) atoms. The fourth-order valence-electron chi connectivity index (χ4n) is 7.44. The number of nitrogens with two attached hydrogens (primary N) is 2. The minimum atomic E-state index is -4.86. The SMILES string of the molecule is CC(C)N=C(C=C(N)c1cnc(N)c(OC(F)(F)F)c1)[C@]12C3[C@@H](N4C[C@@H]5C[C@H]4CN5C)C[C@@H]1[C@H]32. The highest BCUT2D eigenvalue weighted by atomic mass is 19.4. The molecular weight excluding hydrogens is 445 g/mol. The van der Waals surface area contributed by atoms with Crippen molar-refractivity contribution in [3.8, 4) is 5.75 Å². The predicted molar refractivity (Wildman–Crippen MR) is 123 cm³/mol. The second-order valence-corrected chi connectivity index (χ2v) is 10.9. The maximum Gasteiger partial charge on any atom is 0.573 e. The molecule has 1 aromatic rings. The van der Waals surface area contributed by atoms with Crippen molar-refractivity contribution in [2.75, 3.05) is 25.9 Å². The zero-order chi connectivity index (χ0) is 24.2. The van der Waals surface area contributed by atoms with Crippen LogP contribution in [0.1, 0.15) is 32.3 Å². The van der Waals surface area contributed by atoms with Crippen LogP contribution in [0.3, 0.4) is 0 Å². The van der Waals surface area contributed by atoms with E-state index in [9.17, 15) is 13.2 Å². The summed E-state index contributed by atoms with van der Waals surface area (Å²) in [5.74, 6) is 1.02. The van der Waals surface area contributed by atoms with Gasteiger partial charge in [0.2, 0.25) is 0 Å². The largest absolute Gasteiger partial charge is 0.573 e. The molecule has 6 aliphatic rings. The number of aliphatic imine (C=N–C) groups is 1. The summed E-state index contributed by atoms with van der Waals surface area (Å²) in [6.45, 7) is 6.39. The van der Waals surface area contributed by atoms with Gasteiger partial charge in [-0.2, -0.15) is 0 Å². The number of aromatic nitrogens is 1. The topological polar surface area (TPSA) is 93.0 Å². The maximum atomic E-state index is 12.7. The van der Waals surface area contributed by atoms with Crippen molar-refractivity contribution in [3.05, 3.63) is 23.9 Å². The van der Waals surface area contributed by atoms with Crippen molar-refractivity contribution in [2.24, 2.45) is 33.9 Å². The van der Waals surface area contributed by atoms with Crippen LogP contribution in [0.2, 0.25) is 0 Å². The summed E-state index contributed by atoms with van der Waals surface area (Å²) in [6.07, 6.45) is 0.850. The summed E-state index contributed by atoms with van der Waals surface area (Å²) in [5.41, 5.74) is 13.7. The first-order chi connectivity index (χ1) is 16.0. The van der Waals surface area contributed by atoms with Gasteiger partial charge in [0, 0.05) is 65.8 Å². The molecule has 0 spiro atoms. The van der Waals surface area contributed by atoms with Gasteiger partial charge in [-0.25, -0.2) is 4.98 Å². The average molecular weight is 477 g/mol. The van der Waals surface area contributed by atoms with E-state index in [0.29, 0.717) is 47.1 Å². The quantitative estimate of drug-likeness (QED) is 0.614. The highest BCUT2D eigenvalue weighted by Gasteiger charge is 2.93. The van der Waals surface area contributed by atoms with Crippen LogP contribution in [0.25, 0.3) is 5.70 Å². The maximum absolute atomic E-state index is 12.7. The average Bonchev–Trinajstić information content (AvgIpc) is 3.20. The van der Waals surface area contributed by atoms with Gasteiger partial charge < -0.3 is 21.1 Å². The molecule has 7 nitrogen and oxygen atoms in total. The Bertz CT molecular complexity index is 1080. The lowest BCUT2D eigenvalue weighted by Gasteiger charge is -2.36. The molecule has 4 N–H and O–H groups in total. The number of piperazine rings is 1. The number of ether oxygens (including phenoxy) is 1. The molecule has 2 aliphatic heterocycles. The molecule has 4 aliphatic carbocycles. The molecule has 4 bridgehead atoms. The fourth-order valence-corrected chi connectivity index (χ4v) is 7.44. The number of anilines is 1. The number of likely N-dealkylation sites (N-methyl/N-ethyl adjacent to an activating group) is 1. The standard InChI is InChI=1S/C24H31F3N6O/c1-11(2)31-19(7-16(28)12-4-18(22(29)30-8-12)34-24(25,26)27)23-15-6-17(21(23)20(15)23)33-10-13-5-14(33)9-32(13)3/h4,7-8,11,13-15,17,20-21H,5-6,9-10,28H2,1-3H3,(H2,29,30)/t13-,14-,15+,17-,20+,21?,23+/m0/s1. The first-order valence-electron chi connectivity index (χ1n) is 12.0. The van der Waals surface area contributed by atoms with E-state index in [1.807, 2.05) is 19.9 Å². The van der Waals surface area contributed by atoms with Gasteiger partial charge in [-0.15, -0.1) is 13.2 Å². The summed E-state index contributed by atoms with van der Waals surface area (Å²) in [7, 11) is 2.22. The Morgan fingerprint density at radius 3 is 2.62 bits per heavy atom. The molecule has 0 amide bonds. The van der Waals surface area contributed by atoms with Crippen molar-refractivity contribution >= 4 is 17.2 Å². The second-order valence-electron chi connectivity index (χ2n) is 10.9. The molecule has 4 saturated carbocycles. The van der Waals surface area contributed by atoms with E-state index in [-0.39, 0.29) is 17.3 Å². The van der Waals surface area contributed by atoms with E-state index in [2.05, 4.69) is 26.6 Å². The van der Waals surface area contributed by atoms with Gasteiger partial charge in [-0.3, -0.25) is 9.89 Å². The zero-order valence-corrected chi connectivity index (χ0v) is 19.6. The highest BCUT2D eigenvalue weighted by Crippen LogP contribution is 2.92. The number of fused-ring (bicyclic) bond motifs is 3. The molecule has 184 valence electrons. The van der Waals surface area contributed by atoms with Gasteiger partial charge in [0.15, 0.2) is 11.6 Å². The van der Waals surface area contributed by atoms with Crippen LogP contribution < -0.4 is 16.2 Å². The minimum absolute atomic E-state index is 0.0832. The summed E-state index contributed by atoms with van der Waals surface area (Å²) in [6, 6.07) is 3.24. The summed E-state index contributed by atoms with van der Waals surface area (Å²) >= 11 is 0. The summed E-state index contributed by atoms with van der Waals surface area (Å²) < 4.78 is 42.2. The molecule has 2 saturated heterocycles. The van der Waals surface area contributed by atoms with Crippen molar-refractivity contribution in [2.45, 2.75) is 57.2 Å². The second kappa shape index (κ2) is 7.10. The molecule has 3 heterocycles. The Morgan fingerprint density at radius 2 is 2.03 bits per heavy atom. The predicted octanol–water partition coefficient (Wildman–Crippen LogP) is 2.73. The smallest absolute Gasteiger partial charge is 0.402 e. The van der Waals surface area contributed by atoms with E-state index in [4.69, 9.17) is 16.5 Å². The Balaban J connectivity index is 1.25. The van der Waals surface area contributed by atoms with Gasteiger partial charge >= 0.3 is 6.36 Å². The third-order valence-corrected chi connectivity index (χ3v) is 8.79. The van der Waals surface area contributed by atoms with E-state index in [1.165, 1.54) is 25.1 Å². The van der Waals surface area contributed by atoms with E-state index < -0.39 is 12.1 Å². The normalized spacial score (nSPS) is 39.1. The van der Waals surface area contributed by atoms with Crippen molar-refractivity contribution < 1.29 is 17.9 Å². The zero-order valence-electron chi connectivity index (χ0n) is 19.6. The van der Waals surface area contributed by atoms with Crippen molar-refractivity contribution in [1.29, 1.82) is 0 Å². The lowest BCUT2D eigenvalue weighted by atomic mass is 9.97.